The Bertz CT molecular complexity index is 282. The van der Waals surface area contributed by atoms with Gasteiger partial charge in [-0.2, -0.15) is 0 Å². The molecule has 0 aromatic heterocycles. The van der Waals surface area contributed by atoms with Gasteiger partial charge in [-0.1, -0.05) is 50.7 Å². The van der Waals surface area contributed by atoms with Crippen molar-refractivity contribution in [2.45, 2.75) is 26.1 Å². The Hall–Kier alpha value is 0.390. The second kappa shape index (κ2) is 5.47. The van der Waals surface area contributed by atoms with Crippen LogP contribution in [0.4, 0.5) is 0 Å². The molecule has 0 amide bonds. The second-order valence-electron chi connectivity index (χ2n) is 3.81. The normalized spacial score (nSPS) is 11.7. The predicted octanol–water partition coefficient (Wildman–Crippen LogP) is 4.18. The van der Waals surface area contributed by atoms with Crippen molar-refractivity contribution in [1.29, 1.82) is 0 Å². The minimum Gasteiger partial charge on any atom is -0.370 e. The van der Waals surface area contributed by atoms with Crippen LogP contribution in [-0.2, 0) is 11.3 Å². The first-order valence-electron chi connectivity index (χ1n) is 4.48. The van der Waals surface area contributed by atoms with Crippen LogP contribution >= 0.6 is 38.5 Å². The molecule has 3 heteroatoms. The van der Waals surface area contributed by atoms with Crippen molar-refractivity contribution in [2.24, 2.45) is 0 Å². The van der Waals surface area contributed by atoms with E-state index in [0.717, 1.165) is 8.90 Å². The highest BCUT2D eigenvalue weighted by Gasteiger charge is 2.15. The van der Waals surface area contributed by atoms with Crippen LogP contribution in [0.2, 0.25) is 0 Å². The molecule has 0 saturated heterocycles. The fraction of sp³-hybridized carbons (Fsp3) is 0.455. The molecule has 0 heterocycles. The molecule has 0 fully saturated rings. The van der Waals surface area contributed by atoms with Crippen molar-refractivity contribution in [2.75, 3.05) is 4.43 Å². The summed E-state index contributed by atoms with van der Waals surface area (Å²) in [5.74, 6) is 0. The highest BCUT2D eigenvalue weighted by molar-refractivity contribution is 14.1. The summed E-state index contributed by atoms with van der Waals surface area (Å²) in [5.41, 5.74) is 1.18. The standard InChI is InChI=1S/C11H14BrIO/c1-11(2,8-13)14-7-9-3-5-10(12)6-4-9/h3-6H,7-8H2,1-2H3. The lowest BCUT2D eigenvalue weighted by Crippen LogP contribution is -2.25. The van der Waals surface area contributed by atoms with Crippen LogP contribution in [0.1, 0.15) is 19.4 Å². The number of ether oxygens (including phenoxy) is 1. The Morgan fingerprint density at radius 2 is 1.86 bits per heavy atom. The Kier molecular flexibility index (Phi) is 4.87. The summed E-state index contributed by atoms with van der Waals surface area (Å²) in [7, 11) is 0. The van der Waals surface area contributed by atoms with Gasteiger partial charge in [0.25, 0.3) is 0 Å². The number of hydrogen-bond donors (Lipinski definition) is 0. The number of alkyl halides is 1. The number of benzene rings is 1. The van der Waals surface area contributed by atoms with E-state index >= 15 is 0 Å². The highest BCUT2D eigenvalue weighted by Crippen LogP contribution is 2.17. The van der Waals surface area contributed by atoms with Crippen molar-refractivity contribution in [3.8, 4) is 0 Å². The quantitative estimate of drug-likeness (QED) is 0.572. The van der Waals surface area contributed by atoms with Gasteiger partial charge in [0.2, 0.25) is 0 Å². The first kappa shape index (κ1) is 12.5. The molecule has 1 aromatic rings. The van der Waals surface area contributed by atoms with Gasteiger partial charge in [0.05, 0.1) is 12.2 Å². The van der Waals surface area contributed by atoms with E-state index in [-0.39, 0.29) is 5.60 Å². The molecule has 0 saturated carbocycles. The van der Waals surface area contributed by atoms with E-state index in [1.165, 1.54) is 5.56 Å². The topological polar surface area (TPSA) is 9.23 Å². The first-order chi connectivity index (χ1) is 6.53. The maximum absolute atomic E-state index is 5.78. The summed E-state index contributed by atoms with van der Waals surface area (Å²) in [4.78, 5) is 0. The lowest BCUT2D eigenvalue weighted by Gasteiger charge is -2.22. The third-order valence-electron chi connectivity index (χ3n) is 1.86. The fourth-order valence-electron chi connectivity index (χ4n) is 0.898. The number of hydrogen-bond acceptors (Lipinski definition) is 1. The minimum atomic E-state index is -0.0341. The Labute approximate surface area is 107 Å². The Morgan fingerprint density at radius 1 is 1.29 bits per heavy atom. The molecule has 0 unspecified atom stereocenters. The average Bonchev–Trinajstić information content (AvgIpc) is 2.17. The van der Waals surface area contributed by atoms with Gasteiger partial charge >= 0.3 is 0 Å². The molecule has 0 N–H and O–H groups in total. The summed E-state index contributed by atoms with van der Waals surface area (Å²) < 4.78 is 7.89. The van der Waals surface area contributed by atoms with Crippen LogP contribution in [0.15, 0.2) is 28.7 Å². The largest absolute Gasteiger partial charge is 0.370 e. The number of halogens is 2. The average molecular weight is 369 g/mol. The van der Waals surface area contributed by atoms with E-state index in [1.54, 1.807) is 0 Å². The monoisotopic (exact) mass is 368 g/mol. The van der Waals surface area contributed by atoms with Crippen LogP contribution in [0, 0.1) is 0 Å². The summed E-state index contributed by atoms with van der Waals surface area (Å²) >= 11 is 5.75. The van der Waals surface area contributed by atoms with Gasteiger partial charge in [-0.25, -0.2) is 0 Å². The van der Waals surface area contributed by atoms with E-state index in [2.05, 4.69) is 64.5 Å². The summed E-state index contributed by atoms with van der Waals surface area (Å²) in [6.07, 6.45) is 0. The molecule has 14 heavy (non-hydrogen) atoms. The zero-order chi connectivity index (χ0) is 10.6. The van der Waals surface area contributed by atoms with E-state index < -0.39 is 0 Å². The number of rotatable bonds is 4. The SMILES string of the molecule is CC(C)(CI)OCc1ccc(Br)cc1. The lowest BCUT2D eigenvalue weighted by molar-refractivity contribution is -0.00907. The second-order valence-corrected chi connectivity index (χ2v) is 5.49. The minimum absolute atomic E-state index is 0.0341. The van der Waals surface area contributed by atoms with Crippen molar-refractivity contribution in [3.63, 3.8) is 0 Å². The van der Waals surface area contributed by atoms with Gasteiger partial charge < -0.3 is 4.74 Å². The van der Waals surface area contributed by atoms with Crippen molar-refractivity contribution >= 4 is 38.5 Å². The van der Waals surface area contributed by atoms with Crippen LogP contribution in [0.3, 0.4) is 0 Å². The maximum Gasteiger partial charge on any atom is 0.0724 e. The van der Waals surface area contributed by atoms with Gasteiger partial charge in [-0.15, -0.1) is 0 Å². The fourth-order valence-corrected chi connectivity index (χ4v) is 1.38. The van der Waals surface area contributed by atoms with Gasteiger partial charge in [0.15, 0.2) is 0 Å². The molecule has 0 atom stereocenters. The van der Waals surface area contributed by atoms with Gasteiger partial charge in [-0.3, -0.25) is 0 Å². The maximum atomic E-state index is 5.78. The van der Waals surface area contributed by atoms with Gasteiger partial charge in [0, 0.05) is 8.90 Å². The molecule has 1 nitrogen and oxygen atoms in total. The summed E-state index contributed by atoms with van der Waals surface area (Å²) in [5, 5.41) is 0. The van der Waals surface area contributed by atoms with Crippen LogP contribution in [0.25, 0.3) is 0 Å². The Balaban J connectivity index is 2.50. The molecule has 0 radical (unpaired) electrons. The first-order valence-corrected chi connectivity index (χ1v) is 6.80. The van der Waals surface area contributed by atoms with Crippen molar-refractivity contribution in [3.05, 3.63) is 34.3 Å². The van der Waals surface area contributed by atoms with E-state index in [1.807, 2.05) is 12.1 Å². The van der Waals surface area contributed by atoms with E-state index in [9.17, 15) is 0 Å². The third-order valence-corrected chi connectivity index (χ3v) is 4.23. The molecule has 0 aliphatic rings. The van der Waals surface area contributed by atoms with Gasteiger partial charge in [-0.05, 0) is 31.5 Å². The highest BCUT2D eigenvalue weighted by atomic mass is 127. The van der Waals surface area contributed by atoms with Crippen LogP contribution in [-0.4, -0.2) is 10.0 Å². The molecule has 0 aliphatic heterocycles. The molecule has 0 bridgehead atoms. The van der Waals surface area contributed by atoms with Crippen molar-refractivity contribution in [1.82, 2.24) is 0 Å². The molecule has 1 rings (SSSR count). The zero-order valence-corrected chi connectivity index (χ0v) is 12.1. The summed E-state index contributed by atoms with van der Waals surface area (Å²) in [6.45, 7) is 4.90. The molecule has 0 spiro atoms. The Morgan fingerprint density at radius 3 is 2.36 bits per heavy atom. The third kappa shape index (κ3) is 4.28. The molecular weight excluding hydrogens is 355 g/mol. The summed E-state index contributed by atoms with van der Waals surface area (Å²) in [6, 6.07) is 8.23. The molecule has 78 valence electrons. The molecular formula is C11H14BrIO. The molecule has 0 aliphatic carbocycles. The van der Waals surface area contributed by atoms with E-state index in [4.69, 9.17) is 4.74 Å². The predicted molar refractivity (Wildman–Crippen MR) is 71.9 cm³/mol. The zero-order valence-electron chi connectivity index (χ0n) is 8.39. The van der Waals surface area contributed by atoms with Crippen LogP contribution < -0.4 is 0 Å². The molecule has 1 aromatic carbocycles. The smallest absolute Gasteiger partial charge is 0.0724 e. The van der Waals surface area contributed by atoms with Gasteiger partial charge in [0.1, 0.15) is 0 Å². The lowest BCUT2D eigenvalue weighted by atomic mass is 10.2. The van der Waals surface area contributed by atoms with Crippen LogP contribution in [0.5, 0.6) is 0 Å². The van der Waals surface area contributed by atoms with Crippen molar-refractivity contribution < 1.29 is 4.74 Å². The van der Waals surface area contributed by atoms with E-state index in [0.29, 0.717) is 6.61 Å².